The zero-order valence-corrected chi connectivity index (χ0v) is 11.2. The minimum atomic E-state index is 0.426. The summed E-state index contributed by atoms with van der Waals surface area (Å²) in [5.74, 6) is 0. The Bertz CT molecular complexity index is 301. The van der Waals surface area contributed by atoms with Crippen molar-refractivity contribution in [1.82, 2.24) is 10.2 Å². The number of nitrogens with zero attached hydrogens (tertiary/aromatic N) is 1. The van der Waals surface area contributed by atoms with Crippen LogP contribution in [0, 0.1) is 0 Å². The van der Waals surface area contributed by atoms with Crippen molar-refractivity contribution in [1.29, 1.82) is 0 Å². The highest BCUT2D eigenvalue weighted by Crippen LogP contribution is 2.26. The van der Waals surface area contributed by atoms with Crippen molar-refractivity contribution in [3.63, 3.8) is 0 Å². The SMILES string of the molecule is CCN(C)C(CNC)c1ccccc1Br. The molecule has 0 radical (unpaired) electrons. The van der Waals surface area contributed by atoms with Crippen LogP contribution in [0.2, 0.25) is 0 Å². The third kappa shape index (κ3) is 3.30. The highest BCUT2D eigenvalue weighted by molar-refractivity contribution is 9.10. The molecular formula is C12H19BrN2. The van der Waals surface area contributed by atoms with Gasteiger partial charge in [0, 0.05) is 17.1 Å². The van der Waals surface area contributed by atoms with Gasteiger partial charge in [-0.05, 0) is 32.3 Å². The Morgan fingerprint density at radius 2 is 2.07 bits per heavy atom. The van der Waals surface area contributed by atoms with E-state index in [4.69, 9.17) is 0 Å². The number of halogens is 1. The van der Waals surface area contributed by atoms with E-state index in [1.807, 2.05) is 7.05 Å². The fraction of sp³-hybridized carbons (Fsp3) is 0.500. The van der Waals surface area contributed by atoms with Gasteiger partial charge in [0.25, 0.3) is 0 Å². The van der Waals surface area contributed by atoms with Crippen LogP contribution in [-0.2, 0) is 0 Å². The minimum Gasteiger partial charge on any atom is -0.318 e. The van der Waals surface area contributed by atoms with Gasteiger partial charge < -0.3 is 5.32 Å². The average Bonchev–Trinajstić information content (AvgIpc) is 2.26. The van der Waals surface area contributed by atoms with E-state index in [1.54, 1.807) is 0 Å². The molecule has 0 saturated carbocycles. The first-order valence-corrected chi connectivity index (χ1v) is 6.09. The van der Waals surface area contributed by atoms with Crippen molar-refractivity contribution in [3.05, 3.63) is 34.3 Å². The van der Waals surface area contributed by atoms with Gasteiger partial charge in [-0.3, -0.25) is 4.90 Å². The van der Waals surface area contributed by atoms with E-state index in [2.05, 4.69) is 64.4 Å². The second-order valence-electron chi connectivity index (χ2n) is 3.67. The van der Waals surface area contributed by atoms with Gasteiger partial charge in [0.1, 0.15) is 0 Å². The van der Waals surface area contributed by atoms with E-state index in [9.17, 15) is 0 Å². The summed E-state index contributed by atoms with van der Waals surface area (Å²) in [5, 5.41) is 3.25. The van der Waals surface area contributed by atoms with Crippen LogP contribution < -0.4 is 5.32 Å². The number of nitrogens with one attached hydrogen (secondary N) is 1. The van der Waals surface area contributed by atoms with Crippen LogP contribution in [0.1, 0.15) is 18.5 Å². The lowest BCUT2D eigenvalue weighted by molar-refractivity contribution is 0.253. The van der Waals surface area contributed by atoms with Crippen molar-refractivity contribution in [2.45, 2.75) is 13.0 Å². The van der Waals surface area contributed by atoms with Crippen molar-refractivity contribution in [3.8, 4) is 0 Å². The number of hydrogen-bond donors (Lipinski definition) is 1. The summed E-state index contributed by atoms with van der Waals surface area (Å²) < 4.78 is 1.19. The van der Waals surface area contributed by atoms with E-state index < -0.39 is 0 Å². The van der Waals surface area contributed by atoms with E-state index in [1.165, 1.54) is 10.0 Å². The second-order valence-corrected chi connectivity index (χ2v) is 4.52. The summed E-state index contributed by atoms with van der Waals surface area (Å²) in [5.41, 5.74) is 1.34. The summed E-state index contributed by atoms with van der Waals surface area (Å²) in [7, 11) is 4.15. The van der Waals surface area contributed by atoms with Gasteiger partial charge in [-0.15, -0.1) is 0 Å². The third-order valence-corrected chi connectivity index (χ3v) is 3.41. The first-order chi connectivity index (χ1) is 7.20. The van der Waals surface area contributed by atoms with E-state index >= 15 is 0 Å². The average molecular weight is 271 g/mol. The Morgan fingerprint density at radius 1 is 1.40 bits per heavy atom. The van der Waals surface area contributed by atoms with Gasteiger partial charge in [0.2, 0.25) is 0 Å². The summed E-state index contributed by atoms with van der Waals surface area (Å²) >= 11 is 3.61. The van der Waals surface area contributed by atoms with Crippen LogP contribution in [-0.4, -0.2) is 32.1 Å². The molecule has 1 aromatic rings. The van der Waals surface area contributed by atoms with Crippen molar-refractivity contribution in [2.75, 3.05) is 27.2 Å². The van der Waals surface area contributed by atoms with Gasteiger partial charge in [0.15, 0.2) is 0 Å². The van der Waals surface area contributed by atoms with Crippen LogP contribution >= 0.6 is 15.9 Å². The maximum Gasteiger partial charge on any atom is 0.0480 e. The predicted octanol–water partition coefficient (Wildman–Crippen LogP) is 2.66. The molecule has 0 aliphatic carbocycles. The molecule has 0 aromatic heterocycles. The van der Waals surface area contributed by atoms with E-state index in [-0.39, 0.29) is 0 Å². The third-order valence-electron chi connectivity index (χ3n) is 2.69. The van der Waals surface area contributed by atoms with Gasteiger partial charge in [-0.25, -0.2) is 0 Å². The second kappa shape index (κ2) is 6.26. The van der Waals surface area contributed by atoms with Crippen LogP contribution in [0.15, 0.2) is 28.7 Å². The molecule has 0 aliphatic heterocycles. The van der Waals surface area contributed by atoms with Gasteiger partial charge in [-0.1, -0.05) is 41.1 Å². The molecule has 15 heavy (non-hydrogen) atoms. The Morgan fingerprint density at radius 3 is 2.60 bits per heavy atom. The van der Waals surface area contributed by atoms with Crippen LogP contribution in [0.4, 0.5) is 0 Å². The fourth-order valence-corrected chi connectivity index (χ4v) is 2.21. The zero-order valence-electron chi connectivity index (χ0n) is 9.63. The number of benzene rings is 1. The molecule has 0 aliphatic rings. The Balaban J connectivity index is 2.93. The number of likely N-dealkylation sites (N-methyl/N-ethyl adjacent to an activating group) is 2. The normalized spacial score (nSPS) is 13.1. The predicted molar refractivity (Wildman–Crippen MR) is 69.1 cm³/mol. The zero-order chi connectivity index (χ0) is 11.3. The Kier molecular flexibility index (Phi) is 5.29. The smallest absolute Gasteiger partial charge is 0.0480 e. The lowest BCUT2D eigenvalue weighted by Gasteiger charge is -2.28. The molecule has 1 atom stereocenters. The molecule has 0 spiro atoms. The number of hydrogen-bond acceptors (Lipinski definition) is 2. The summed E-state index contributed by atoms with van der Waals surface area (Å²) in [4.78, 5) is 2.34. The lowest BCUT2D eigenvalue weighted by Crippen LogP contribution is -2.32. The molecule has 0 bridgehead atoms. The van der Waals surface area contributed by atoms with Crippen LogP contribution in [0.5, 0.6) is 0 Å². The highest BCUT2D eigenvalue weighted by Gasteiger charge is 2.16. The molecule has 84 valence electrons. The van der Waals surface area contributed by atoms with Gasteiger partial charge in [-0.2, -0.15) is 0 Å². The molecule has 0 saturated heterocycles. The molecule has 0 amide bonds. The molecule has 0 heterocycles. The molecule has 3 heteroatoms. The topological polar surface area (TPSA) is 15.3 Å². The fourth-order valence-electron chi connectivity index (χ4n) is 1.66. The summed E-state index contributed by atoms with van der Waals surface area (Å²) in [6.07, 6.45) is 0. The standard InChI is InChI=1S/C12H19BrN2/c1-4-15(3)12(9-14-2)10-7-5-6-8-11(10)13/h5-8,12,14H,4,9H2,1-3H3. The van der Waals surface area contributed by atoms with E-state index in [0.717, 1.165) is 13.1 Å². The van der Waals surface area contributed by atoms with Gasteiger partial charge in [0.05, 0.1) is 0 Å². The largest absolute Gasteiger partial charge is 0.318 e. The minimum absolute atomic E-state index is 0.426. The van der Waals surface area contributed by atoms with Gasteiger partial charge >= 0.3 is 0 Å². The molecule has 1 rings (SSSR count). The molecule has 1 aromatic carbocycles. The number of rotatable bonds is 5. The monoisotopic (exact) mass is 270 g/mol. The Labute approximate surface area is 101 Å². The first kappa shape index (κ1) is 12.7. The van der Waals surface area contributed by atoms with Crippen molar-refractivity contribution < 1.29 is 0 Å². The van der Waals surface area contributed by atoms with Crippen LogP contribution in [0.3, 0.4) is 0 Å². The Hall–Kier alpha value is -0.380. The lowest BCUT2D eigenvalue weighted by atomic mass is 10.1. The molecular weight excluding hydrogens is 252 g/mol. The molecule has 2 nitrogen and oxygen atoms in total. The maximum absolute atomic E-state index is 3.61. The first-order valence-electron chi connectivity index (χ1n) is 5.30. The highest BCUT2D eigenvalue weighted by atomic mass is 79.9. The van der Waals surface area contributed by atoms with E-state index in [0.29, 0.717) is 6.04 Å². The summed E-state index contributed by atoms with van der Waals surface area (Å²) in [6.45, 7) is 4.19. The maximum atomic E-state index is 3.61. The molecule has 1 unspecified atom stereocenters. The molecule has 1 N–H and O–H groups in total. The van der Waals surface area contributed by atoms with Crippen molar-refractivity contribution >= 4 is 15.9 Å². The van der Waals surface area contributed by atoms with Crippen LogP contribution in [0.25, 0.3) is 0 Å². The molecule has 0 fully saturated rings. The quantitative estimate of drug-likeness (QED) is 0.885. The van der Waals surface area contributed by atoms with Crippen molar-refractivity contribution in [2.24, 2.45) is 0 Å². The summed E-state index contributed by atoms with van der Waals surface area (Å²) in [6, 6.07) is 8.85.